The van der Waals surface area contributed by atoms with E-state index >= 15 is 0 Å². The molecule has 3 rings (SSSR count). The van der Waals surface area contributed by atoms with Crippen molar-refractivity contribution in [3.8, 4) is 17.2 Å². The summed E-state index contributed by atoms with van der Waals surface area (Å²) in [5.74, 6) is 1.29. The molecule has 2 atom stereocenters. The molecule has 0 radical (unpaired) electrons. The molecule has 200 valence electrons. The first-order chi connectivity index (χ1) is 16.9. The molecule has 3 nitrogen and oxygen atoms in total. The van der Waals surface area contributed by atoms with Gasteiger partial charge in [-0.1, -0.05) is 66.7 Å². The molecule has 3 aromatic rings. The minimum absolute atomic E-state index is 0.0716. The lowest BCUT2D eigenvalue weighted by molar-refractivity contribution is 0.445. The summed E-state index contributed by atoms with van der Waals surface area (Å²) in [5.41, 5.74) is 9.26. The van der Waals surface area contributed by atoms with E-state index in [1.807, 2.05) is 25.1 Å². The summed E-state index contributed by atoms with van der Waals surface area (Å²) in [6.45, 7) is 23.2. The van der Waals surface area contributed by atoms with Crippen LogP contribution in [0.2, 0.25) is 0 Å². The number of hydrogen-bond acceptors (Lipinski definition) is 3. The number of benzene rings is 3. The number of phenolic OH excluding ortho intramolecular Hbond substituents is 3. The van der Waals surface area contributed by atoms with Crippen molar-refractivity contribution in [3.63, 3.8) is 0 Å². The van der Waals surface area contributed by atoms with Gasteiger partial charge < -0.3 is 15.3 Å². The van der Waals surface area contributed by atoms with Crippen molar-refractivity contribution in [2.24, 2.45) is 0 Å². The van der Waals surface area contributed by atoms with Crippen LogP contribution in [0.25, 0.3) is 0 Å². The number of phenols is 3. The molecule has 0 amide bonds. The maximum atomic E-state index is 10.8. The summed E-state index contributed by atoms with van der Waals surface area (Å²) in [4.78, 5) is 0. The van der Waals surface area contributed by atoms with Gasteiger partial charge in [0.15, 0.2) is 0 Å². The van der Waals surface area contributed by atoms with Gasteiger partial charge in [0, 0.05) is 5.92 Å². The van der Waals surface area contributed by atoms with Gasteiger partial charge >= 0.3 is 0 Å². The second-order valence-corrected chi connectivity index (χ2v) is 13.1. The largest absolute Gasteiger partial charge is 0.508 e. The zero-order valence-corrected chi connectivity index (χ0v) is 24.7. The highest BCUT2D eigenvalue weighted by atomic mass is 16.3. The molecule has 0 aliphatic rings. The Kier molecular flexibility index (Phi) is 7.80. The van der Waals surface area contributed by atoms with Crippen LogP contribution in [0.15, 0.2) is 36.4 Å². The highest BCUT2D eigenvalue weighted by Gasteiger charge is 2.28. The first-order valence-corrected chi connectivity index (χ1v) is 13.4. The van der Waals surface area contributed by atoms with E-state index in [1.165, 1.54) is 16.7 Å². The first-order valence-electron chi connectivity index (χ1n) is 13.4. The smallest absolute Gasteiger partial charge is 0.119 e. The Balaban J connectivity index is 2.23. The van der Waals surface area contributed by atoms with Crippen LogP contribution in [0.5, 0.6) is 17.2 Å². The Labute approximate surface area is 224 Å². The molecule has 0 heterocycles. The minimum atomic E-state index is -0.197. The van der Waals surface area contributed by atoms with E-state index < -0.39 is 0 Å². The van der Waals surface area contributed by atoms with E-state index in [-0.39, 0.29) is 22.7 Å². The van der Waals surface area contributed by atoms with Crippen molar-refractivity contribution in [1.29, 1.82) is 0 Å². The van der Waals surface area contributed by atoms with Gasteiger partial charge in [0.05, 0.1) is 0 Å². The summed E-state index contributed by atoms with van der Waals surface area (Å²) in [7, 11) is 0. The van der Waals surface area contributed by atoms with Gasteiger partial charge in [0.25, 0.3) is 0 Å². The fourth-order valence-corrected chi connectivity index (χ4v) is 5.63. The third-order valence-corrected chi connectivity index (χ3v) is 7.84. The lowest BCUT2D eigenvalue weighted by atomic mass is 9.75. The second-order valence-electron chi connectivity index (χ2n) is 13.1. The minimum Gasteiger partial charge on any atom is -0.508 e. The third kappa shape index (κ3) is 5.98. The van der Waals surface area contributed by atoms with E-state index in [0.29, 0.717) is 17.2 Å². The predicted molar refractivity (Wildman–Crippen MR) is 156 cm³/mol. The van der Waals surface area contributed by atoms with E-state index in [4.69, 9.17) is 0 Å². The first kappa shape index (κ1) is 28.6. The van der Waals surface area contributed by atoms with Crippen molar-refractivity contribution in [1.82, 2.24) is 0 Å². The lowest BCUT2D eigenvalue weighted by Crippen LogP contribution is -2.16. The third-order valence-electron chi connectivity index (χ3n) is 7.84. The molecule has 0 aliphatic carbocycles. The highest BCUT2D eigenvalue weighted by molar-refractivity contribution is 5.52. The fourth-order valence-electron chi connectivity index (χ4n) is 5.63. The molecule has 3 heteroatoms. The molecule has 0 saturated carbocycles. The SMILES string of the molecule is Cc1cc(C(CC(C)c2cc(C(C)(C)C)c(O)cc2C)c2cc(C(C)(C)C)c(O)cc2C)c(C)cc1O. The highest BCUT2D eigenvalue weighted by Crippen LogP contribution is 2.44. The topological polar surface area (TPSA) is 60.7 Å². The summed E-state index contributed by atoms with van der Waals surface area (Å²) < 4.78 is 0. The van der Waals surface area contributed by atoms with Crippen molar-refractivity contribution >= 4 is 0 Å². The molecule has 0 fully saturated rings. The molecule has 3 aromatic carbocycles. The Morgan fingerprint density at radius 2 is 0.919 bits per heavy atom. The molecular formula is C34H46O3. The van der Waals surface area contributed by atoms with Crippen molar-refractivity contribution < 1.29 is 15.3 Å². The van der Waals surface area contributed by atoms with Crippen molar-refractivity contribution in [2.45, 2.75) is 105 Å². The second kappa shape index (κ2) is 10.1. The normalized spacial score (nSPS) is 14.0. The molecule has 0 bridgehead atoms. The van der Waals surface area contributed by atoms with Gasteiger partial charge in [-0.3, -0.25) is 0 Å². The molecule has 3 N–H and O–H groups in total. The van der Waals surface area contributed by atoms with Crippen molar-refractivity contribution in [2.75, 3.05) is 0 Å². The summed E-state index contributed by atoms with van der Waals surface area (Å²) >= 11 is 0. The average Bonchev–Trinajstić information content (AvgIpc) is 2.73. The quantitative estimate of drug-likeness (QED) is 0.326. The molecule has 37 heavy (non-hydrogen) atoms. The number of rotatable bonds is 5. The Hall–Kier alpha value is -2.94. The number of aryl methyl sites for hydroxylation is 4. The van der Waals surface area contributed by atoms with Gasteiger partial charge in [-0.25, -0.2) is 0 Å². The summed E-state index contributed by atoms with van der Waals surface area (Å²) in [5, 5.41) is 31.9. The van der Waals surface area contributed by atoms with Crippen LogP contribution < -0.4 is 0 Å². The van der Waals surface area contributed by atoms with Crippen LogP contribution >= 0.6 is 0 Å². The monoisotopic (exact) mass is 502 g/mol. The van der Waals surface area contributed by atoms with Gasteiger partial charge in [-0.05, 0) is 119 Å². The zero-order chi connectivity index (χ0) is 28.0. The van der Waals surface area contributed by atoms with Crippen LogP contribution in [0.1, 0.15) is 117 Å². The van der Waals surface area contributed by atoms with E-state index in [1.54, 1.807) is 0 Å². The average molecular weight is 503 g/mol. The van der Waals surface area contributed by atoms with Gasteiger partial charge in [0.2, 0.25) is 0 Å². The molecule has 0 aromatic heterocycles. The van der Waals surface area contributed by atoms with E-state index in [2.05, 4.69) is 87.4 Å². The molecule has 0 saturated heterocycles. The molecule has 0 aliphatic heterocycles. The lowest BCUT2D eigenvalue weighted by Gasteiger charge is -2.30. The van der Waals surface area contributed by atoms with Gasteiger partial charge in [-0.2, -0.15) is 0 Å². The van der Waals surface area contributed by atoms with Gasteiger partial charge in [0.1, 0.15) is 17.2 Å². The molecular weight excluding hydrogens is 456 g/mol. The van der Waals surface area contributed by atoms with Crippen molar-refractivity contribution in [3.05, 3.63) is 86.5 Å². The van der Waals surface area contributed by atoms with Crippen LogP contribution in [-0.2, 0) is 10.8 Å². The van der Waals surface area contributed by atoms with E-state index in [9.17, 15) is 15.3 Å². The molecule has 0 spiro atoms. The van der Waals surface area contributed by atoms with Gasteiger partial charge in [-0.15, -0.1) is 0 Å². The Bertz CT molecular complexity index is 1300. The fraction of sp³-hybridized carbons (Fsp3) is 0.471. The van der Waals surface area contributed by atoms with Crippen LogP contribution in [-0.4, -0.2) is 15.3 Å². The maximum absolute atomic E-state index is 10.8. The maximum Gasteiger partial charge on any atom is 0.119 e. The number of aromatic hydroxyl groups is 3. The predicted octanol–water partition coefficient (Wildman–Crippen LogP) is 8.96. The van der Waals surface area contributed by atoms with Crippen LogP contribution in [0.3, 0.4) is 0 Å². The Morgan fingerprint density at radius 3 is 1.38 bits per heavy atom. The molecule has 2 unspecified atom stereocenters. The Morgan fingerprint density at radius 1 is 0.541 bits per heavy atom. The van der Waals surface area contributed by atoms with E-state index in [0.717, 1.165) is 39.8 Å². The summed E-state index contributed by atoms with van der Waals surface area (Å²) in [6.07, 6.45) is 0.857. The zero-order valence-electron chi connectivity index (χ0n) is 24.7. The van der Waals surface area contributed by atoms with Crippen LogP contribution in [0, 0.1) is 27.7 Å². The number of hydrogen-bond donors (Lipinski definition) is 3. The summed E-state index contributed by atoms with van der Waals surface area (Å²) in [6, 6.07) is 12.2. The van der Waals surface area contributed by atoms with Crippen LogP contribution in [0.4, 0.5) is 0 Å². The standard InChI is InChI=1S/C34H46O3/c1-19(24-17-28(33(6,7)8)31(36)15-20(24)2)12-27(25-13-23(5)30(35)14-21(25)3)26-18-29(34(9,10)11)32(37)16-22(26)4/h13-19,27,35-37H,12H2,1-11H3.